The molecule has 0 fully saturated rings. The summed E-state index contributed by atoms with van der Waals surface area (Å²) < 4.78 is 8.68. The Morgan fingerprint density at radius 2 is 0.558 bits per heavy atom. The molecule has 19 rings (SSSR count). The third kappa shape index (κ3) is 13.9. The van der Waals surface area contributed by atoms with Crippen LogP contribution < -0.4 is 0 Å². The summed E-state index contributed by atoms with van der Waals surface area (Å²) in [5.41, 5.74) is 40.8. The average molecular weight is 1570 g/mol. The van der Waals surface area contributed by atoms with Crippen molar-refractivity contribution in [3.63, 3.8) is 0 Å². The van der Waals surface area contributed by atoms with Gasteiger partial charge in [-0.25, -0.2) is 19.3 Å². The van der Waals surface area contributed by atoms with Gasteiger partial charge in [0, 0.05) is 88.4 Å². The van der Waals surface area contributed by atoms with Crippen LogP contribution in [0.15, 0.2) is 231 Å². The molecule has 0 spiro atoms. The van der Waals surface area contributed by atoms with Gasteiger partial charge >= 0.3 is 0 Å². The molecule has 10 aromatic carbocycles. The first-order valence-corrected chi connectivity index (χ1v) is 42.1. The summed E-state index contributed by atoms with van der Waals surface area (Å²) >= 11 is 0. The van der Waals surface area contributed by atoms with Gasteiger partial charge in [-0.1, -0.05) is 226 Å². The van der Waals surface area contributed by atoms with Gasteiger partial charge in [0.15, 0.2) is 0 Å². The molecule has 0 unspecified atom stereocenters. The fourth-order valence-electron chi connectivity index (χ4n) is 18.5. The number of rotatable bonds is 12. The van der Waals surface area contributed by atoms with E-state index in [4.69, 9.17) is 30.6 Å². The number of aryl methyl sites for hydroxylation is 6. The second-order valence-corrected chi connectivity index (χ2v) is 37.7. The van der Waals surface area contributed by atoms with E-state index >= 15 is 0 Å². The number of benzene rings is 10. The molecule has 12 heteroatoms. The van der Waals surface area contributed by atoms with Crippen molar-refractivity contribution in [1.29, 1.82) is 0 Å². The van der Waals surface area contributed by atoms with Crippen molar-refractivity contribution in [2.45, 2.75) is 159 Å². The second-order valence-electron chi connectivity index (χ2n) is 37.7. The van der Waals surface area contributed by atoms with Crippen LogP contribution >= 0.6 is 0 Å². The molecule has 9 heterocycles. The first kappa shape index (κ1) is 76.6. The van der Waals surface area contributed by atoms with Crippen LogP contribution in [0.3, 0.4) is 0 Å². The summed E-state index contributed by atoms with van der Waals surface area (Å²) in [7, 11) is 0. The largest absolute Gasteiger partial charge is 0.354 e. The third-order valence-electron chi connectivity index (χ3n) is 24.7. The summed E-state index contributed by atoms with van der Waals surface area (Å²) in [4.78, 5) is 19.6. The Balaban J connectivity index is 0.665. The van der Waals surface area contributed by atoms with Crippen molar-refractivity contribution >= 4 is 90.0 Å². The molecule has 0 saturated carbocycles. The molecule has 0 saturated heterocycles. The Kier molecular flexibility index (Phi) is 18.4. The first-order valence-electron chi connectivity index (χ1n) is 42.1. The molecule has 7 aromatic heterocycles. The molecule has 0 atom stereocenters. The van der Waals surface area contributed by atoms with Crippen LogP contribution in [0.5, 0.6) is 0 Å². The Morgan fingerprint density at radius 1 is 0.283 bits per heavy atom. The monoisotopic (exact) mass is 1570 g/mol. The van der Waals surface area contributed by atoms with Gasteiger partial charge in [-0.3, -0.25) is 0 Å². The number of H-pyrrole nitrogens is 2. The summed E-state index contributed by atoms with van der Waals surface area (Å²) in [6, 6.07) is 81.2. The van der Waals surface area contributed by atoms with Crippen LogP contribution in [-0.2, 0) is 34.7 Å². The van der Waals surface area contributed by atoms with Crippen molar-refractivity contribution in [1.82, 2.24) is 59.1 Å². The Hall–Kier alpha value is -13.3. The van der Waals surface area contributed by atoms with Crippen LogP contribution in [0.1, 0.15) is 173 Å². The summed E-state index contributed by atoms with van der Waals surface area (Å²) in [6.07, 6.45) is 12.9. The Bertz CT molecular complexity index is 6640. The van der Waals surface area contributed by atoms with E-state index in [9.17, 15) is 0 Å². The molecule has 8 bridgehead atoms. The maximum atomic E-state index is 5.75. The van der Waals surface area contributed by atoms with Gasteiger partial charge in [0.05, 0.1) is 70.3 Å². The predicted molar refractivity (Wildman–Crippen MR) is 502 cm³/mol. The zero-order valence-electron chi connectivity index (χ0n) is 72.1. The van der Waals surface area contributed by atoms with E-state index in [1.165, 1.54) is 99.2 Å². The summed E-state index contributed by atoms with van der Waals surface area (Å²) in [6.45, 7) is 41.8. The van der Waals surface area contributed by atoms with Crippen molar-refractivity contribution in [2.24, 2.45) is 0 Å². The fraction of sp³-hybridized carbons (Fsp3) is 0.222. The van der Waals surface area contributed by atoms with E-state index < -0.39 is 0 Å². The van der Waals surface area contributed by atoms with Gasteiger partial charge in [-0.05, 0) is 262 Å². The van der Waals surface area contributed by atoms with E-state index in [2.05, 4.69) is 399 Å². The van der Waals surface area contributed by atoms with E-state index in [-0.39, 0.29) is 21.7 Å². The molecule has 0 radical (unpaired) electrons. The molecule has 17 aromatic rings. The molecule has 120 heavy (non-hydrogen) atoms. The molecule has 2 N–H and O–H groups in total. The van der Waals surface area contributed by atoms with E-state index in [1.54, 1.807) is 0 Å². The zero-order chi connectivity index (χ0) is 83.3. The number of hydrogen-bond acceptors (Lipinski definition) is 6. The lowest BCUT2D eigenvalue weighted by Gasteiger charge is -2.19. The fourth-order valence-corrected chi connectivity index (χ4v) is 18.5. The van der Waals surface area contributed by atoms with Crippen LogP contribution in [0, 0.1) is 41.5 Å². The molecular weight excluding hydrogens is 1470 g/mol. The van der Waals surface area contributed by atoms with Crippen LogP contribution in [0.2, 0.25) is 0 Å². The van der Waals surface area contributed by atoms with E-state index in [0.717, 1.165) is 134 Å². The van der Waals surface area contributed by atoms with Crippen molar-refractivity contribution in [3.05, 3.63) is 320 Å². The molecule has 594 valence electrons. The Morgan fingerprint density at radius 3 is 0.850 bits per heavy atom. The minimum Gasteiger partial charge on any atom is -0.354 e. The van der Waals surface area contributed by atoms with Gasteiger partial charge in [0.2, 0.25) is 0 Å². The third-order valence-corrected chi connectivity index (χ3v) is 24.7. The number of nitrogens with zero attached hydrogens (tertiary/aromatic N) is 10. The van der Waals surface area contributed by atoms with Crippen molar-refractivity contribution < 1.29 is 0 Å². The smallest absolute Gasteiger partial charge is 0.113 e. The second kappa shape index (κ2) is 28.8. The van der Waals surface area contributed by atoms with Crippen molar-refractivity contribution in [3.8, 4) is 78.4 Å². The molecule has 12 nitrogen and oxygen atoms in total. The molecule has 2 aliphatic rings. The first-order chi connectivity index (χ1) is 57.4. The van der Waals surface area contributed by atoms with Gasteiger partial charge in [0.1, 0.15) is 11.4 Å². The highest BCUT2D eigenvalue weighted by Crippen LogP contribution is 2.45. The van der Waals surface area contributed by atoms with Gasteiger partial charge < -0.3 is 19.1 Å². The van der Waals surface area contributed by atoms with E-state index in [1.807, 2.05) is 9.36 Å². The van der Waals surface area contributed by atoms with Gasteiger partial charge in [-0.15, -0.1) is 10.2 Å². The zero-order valence-corrected chi connectivity index (χ0v) is 72.1. The minimum atomic E-state index is 0.0212. The quantitative estimate of drug-likeness (QED) is 0.125. The van der Waals surface area contributed by atoms with Crippen LogP contribution in [0.25, 0.3) is 168 Å². The maximum Gasteiger partial charge on any atom is 0.113 e. The molecule has 0 amide bonds. The summed E-state index contributed by atoms with van der Waals surface area (Å²) in [5, 5.41) is 24.0. The predicted octanol–water partition coefficient (Wildman–Crippen LogP) is 27.2. The lowest BCUT2D eigenvalue weighted by atomic mass is 9.85. The van der Waals surface area contributed by atoms with Gasteiger partial charge in [0.25, 0.3) is 0 Å². The van der Waals surface area contributed by atoms with Gasteiger partial charge in [-0.2, -0.15) is 0 Å². The normalized spacial score (nSPS) is 12.8. The highest BCUT2D eigenvalue weighted by molar-refractivity contribution is 6.12. The number of fused-ring (bicyclic) bond motifs is 14. The molecule has 0 aliphatic carbocycles. The Labute approximate surface area is 702 Å². The molecular formula is C108H102N12. The number of aromatic nitrogens is 12. The SMILES string of the molecule is Cc1cc(C)c(-c2c3nc(c(-c4ccc(Cn5cc(-c6ccc(-n7c8ccc(C(C)(C)C)cc8c8cc(C(C)(C)C)ccc87)cc6)nn5)cc4)c4ccc([nH]4)c(-c4c(C)cc(C)cc4C)c4nc(c(-c5ccc(Cn6cc(-c7ccc(-n8c9ccc(C(C)(C)C)cc9c9cc(C(C)(C)C)ccc98)cc7)nn6)cc5)c5ccc2[nH]5)C=C4)C=C3)c(C)c1. The topological polar surface area (TPSA) is 129 Å². The average Bonchev–Trinajstić information content (AvgIpc) is 1.58. The number of aromatic amines is 2. The highest BCUT2D eigenvalue weighted by atomic mass is 15.4. The maximum absolute atomic E-state index is 5.75. The highest BCUT2D eigenvalue weighted by Gasteiger charge is 2.27. The lowest BCUT2D eigenvalue weighted by molar-refractivity contribution is 0.590. The van der Waals surface area contributed by atoms with E-state index in [0.29, 0.717) is 13.1 Å². The molecule has 2 aliphatic heterocycles. The number of hydrogen-bond donors (Lipinski definition) is 2. The van der Waals surface area contributed by atoms with Crippen molar-refractivity contribution in [2.75, 3.05) is 0 Å². The lowest BCUT2D eigenvalue weighted by Crippen LogP contribution is -2.10. The minimum absolute atomic E-state index is 0.0212. The standard InChI is InChI=1S/C108H102N12/c1-63-51-65(3)99(66(4)52-63)103-89-43-39-85(109-89)101(73-23-19-69(20-24-73)59-117-61-93(113-115-117)71-27-35-79(36-28-71)119-95-47-31-75(105(7,8)9)55-81(95)82-56-76(106(10,11)12)32-48-96(82)119)87-41-45-91(111-87)104(100-67(5)53-64(2)54-68(100)6)92-46-42-88(112-92)102(86-40-44-90(103)110-86)74-25-21-70(22-26-74)60-118-62-94(114-116-118)72-29-37-80(38-30-72)120-97-49-33-77(107(13,14)15)57-83(97)84-58-78(108(16,17)18)34-50-98(84)120/h19-58,61-62,109,112H,59-60H2,1-18H3. The summed E-state index contributed by atoms with van der Waals surface area (Å²) in [5.74, 6) is 0. The van der Waals surface area contributed by atoms with Crippen LogP contribution in [-0.4, -0.2) is 59.1 Å². The van der Waals surface area contributed by atoms with Crippen LogP contribution in [0.4, 0.5) is 0 Å². The number of nitrogens with one attached hydrogen (secondary N) is 2.